The molecule has 11 nitrogen and oxygen atoms in total. The maximum absolute atomic E-state index is 13.3. The van der Waals surface area contributed by atoms with E-state index in [1.165, 1.54) is 36.4 Å². The zero-order valence-electron chi connectivity index (χ0n) is 21.1. The van der Waals surface area contributed by atoms with E-state index in [2.05, 4.69) is 0 Å². The summed E-state index contributed by atoms with van der Waals surface area (Å²) < 4.78 is 101. The van der Waals surface area contributed by atoms with Crippen LogP contribution in [0.5, 0.6) is 11.5 Å². The van der Waals surface area contributed by atoms with Gasteiger partial charge >= 0.3 is 0 Å². The van der Waals surface area contributed by atoms with E-state index in [1.54, 1.807) is 27.7 Å². The summed E-state index contributed by atoms with van der Waals surface area (Å²) in [6.07, 6.45) is 0. The highest BCUT2D eigenvalue weighted by Gasteiger charge is 2.52. The Balaban J connectivity index is 2.30. The average Bonchev–Trinajstić information content (AvgIpc) is 3.05. The normalized spacial score (nSPS) is 16.5. The highest BCUT2D eigenvalue weighted by molar-refractivity contribution is 7.87. The third-order valence-corrected chi connectivity index (χ3v) is 9.69. The fourth-order valence-corrected chi connectivity index (χ4v) is 7.45. The van der Waals surface area contributed by atoms with Gasteiger partial charge in [0.1, 0.15) is 26.2 Å². The number of benzene rings is 3. The topological polar surface area (TPSA) is 193 Å². The molecule has 3 aromatic rings. The van der Waals surface area contributed by atoms with Gasteiger partial charge in [0.15, 0.2) is 5.60 Å². The van der Waals surface area contributed by atoms with Crippen LogP contribution in [0.25, 0.3) is 0 Å². The molecule has 0 fully saturated rings. The summed E-state index contributed by atoms with van der Waals surface area (Å²) in [5.41, 5.74) is -2.64. The molecule has 1 aliphatic heterocycles. The predicted molar refractivity (Wildman–Crippen MR) is 139 cm³/mol. The average molecular weight is 599 g/mol. The monoisotopic (exact) mass is 598 g/mol. The first-order chi connectivity index (χ1) is 17.8. The number of aromatic hydroxyl groups is 2. The van der Waals surface area contributed by atoms with Crippen molar-refractivity contribution < 1.29 is 48.8 Å². The lowest BCUT2D eigenvalue weighted by molar-refractivity contribution is 0.179. The number of hydrogen-bond acceptors (Lipinski definition) is 9. The molecule has 0 aromatic heterocycles. The number of phenols is 2. The summed E-state index contributed by atoms with van der Waals surface area (Å²) in [6.45, 7) is 6.47. The largest absolute Gasteiger partial charge is 0.506 e. The molecule has 14 heteroatoms. The SMILES string of the molecule is CC(C)c1cc(C2(c3cc(C(C)C)c(O)c(S(=O)(=O)O)c3)OS(=O)(=O)c3ccccc32)cc(S(=O)(=O)O)c1O. The molecule has 0 saturated carbocycles. The van der Waals surface area contributed by atoms with Crippen molar-refractivity contribution in [2.24, 2.45) is 0 Å². The number of hydrogen-bond donors (Lipinski definition) is 4. The van der Waals surface area contributed by atoms with Gasteiger partial charge < -0.3 is 10.2 Å². The molecule has 0 aliphatic carbocycles. The summed E-state index contributed by atoms with van der Waals surface area (Å²) in [6, 6.07) is 9.79. The molecule has 1 aliphatic rings. The second-order valence-corrected chi connectivity index (χ2v) is 14.1. The molecule has 39 heavy (non-hydrogen) atoms. The van der Waals surface area contributed by atoms with E-state index < -0.39 is 69.1 Å². The van der Waals surface area contributed by atoms with Crippen molar-refractivity contribution in [2.75, 3.05) is 0 Å². The van der Waals surface area contributed by atoms with Gasteiger partial charge in [-0.25, -0.2) is 4.18 Å². The molecule has 0 atom stereocenters. The molecule has 0 radical (unpaired) electrons. The van der Waals surface area contributed by atoms with Crippen LogP contribution in [0.3, 0.4) is 0 Å². The molecule has 3 aromatic carbocycles. The lowest BCUT2D eigenvalue weighted by atomic mass is 9.78. The molecule has 0 saturated heterocycles. The zero-order valence-corrected chi connectivity index (χ0v) is 23.6. The third kappa shape index (κ3) is 4.70. The van der Waals surface area contributed by atoms with E-state index in [0.29, 0.717) is 0 Å². The lowest BCUT2D eigenvalue weighted by Crippen LogP contribution is -2.31. The Labute approximate surface area is 226 Å². The molecule has 1 heterocycles. The quantitative estimate of drug-likeness (QED) is 0.238. The molecule has 0 unspecified atom stereocenters. The summed E-state index contributed by atoms with van der Waals surface area (Å²) >= 11 is 0. The number of phenolic OH excluding ortho intramolecular Hbond substituents is 2. The third-order valence-electron chi connectivity index (χ3n) is 6.59. The molecule has 0 bridgehead atoms. The van der Waals surface area contributed by atoms with Gasteiger partial charge in [-0.3, -0.25) is 9.11 Å². The van der Waals surface area contributed by atoms with Gasteiger partial charge in [0, 0.05) is 5.56 Å². The Kier molecular flexibility index (Phi) is 6.90. The minimum absolute atomic E-state index is 0.0164. The minimum Gasteiger partial charge on any atom is -0.506 e. The Morgan fingerprint density at radius 3 is 1.54 bits per heavy atom. The summed E-state index contributed by atoms with van der Waals surface area (Å²) in [5.74, 6) is -2.58. The molecular weight excluding hydrogens is 572 g/mol. The van der Waals surface area contributed by atoms with E-state index in [9.17, 15) is 44.6 Å². The van der Waals surface area contributed by atoms with Gasteiger partial charge in [-0.05, 0) is 64.4 Å². The highest BCUT2D eigenvalue weighted by Crippen LogP contribution is 2.53. The standard InChI is InChI=1S/C25H26O11S3/c1-13(2)17-9-15(11-21(23(17)26)37(28,29)30)25(19-7-5-6-8-20(19)39(34,35)36-25)16-10-18(14(3)4)24(27)22(12-16)38(31,32)33/h5-14,26-27H,1-4H3,(H,28,29,30)(H,31,32,33). The van der Waals surface area contributed by atoms with Crippen LogP contribution in [0.2, 0.25) is 0 Å². The van der Waals surface area contributed by atoms with Crippen molar-refractivity contribution in [3.63, 3.8) is 0 Å². The Morgan fingerprint density at radius 1 is 0.744 bits per heavy atom. The van der Waals surface area contributed by atoms with Crippen molar-refractivity contribution in [1.82, 2.24) is 0 Å². The summed E-state index contributed by atoms with van der Waals surface area (Å²) in [5, 5.41) is 21.3. The Hall–Kier alpha value is -3.01. The van der Waals surface area contributed by atoms with Crippen LogP contribution in [0.15, 0.2) is 63.2 Å². The smallest absolute Gasteiger partial charge is 0.298 e. The Morgan fingerprint density at radius 2 is 1.15 bits per heavy atom. The van der Waals surface area contributed by atoms with E-state index in [-0.39, 0.29) is 32.7 Å². The first-order valence-corrected chi connectivity index (χ1v) is 15.9. The summed E-state index contributed by atoms with van der Waals surface area (Å²) in [7, 11) is -14.6. The van der Waals surface area contributed by atoms with Gasteiger partial charge in [-0.2, -0.15) is 25.3 Å². The van der Waals surface area contributed by atoms with Gasteiger partial charge in [-0.1, -0.05) is 45.9 Å². The number of rotatable bonds is 6. The second kappa shape index (κ2) is 9.28. The van der Waals surface area contributed by atoms with Crippen molar-refractivity contribution in [3.05, 3.63) is 76.3 Å². The molecule has 0 amide bonds. The van der Waals surface area contributed by atoms with E-state index in [1.807, 2.05) is 0 Å². The van der Waals surface area contributed by atoms with Gasteiger partial charge in [0.25, 0.3) is 30.4 Å². The molecule has 0 spiro atoms. The Bertz CT molecular complexity index is 1730. The first kappa shape index (κ1) is 29.0. The predicted octanol–water partition coefficient (Wildman–Crippen LogP) is 3.85. The maximum atomic E-state index is 13.3. The first-order valence-electron chi connectivity index (χ1n) is 11.6. The zero-order chi connectivity index (χ0) is 29.3. The maximum Gasteiger partial charge on any atom is 0.298 e. The van der Waals surface area contributed by atoms with Crippen LogP contribution >= 0.6 is 0 Å². The van der Waals surface area contributed by atoms with E-state index in [4.69, 9.17) is 4.18 Å². The van der Waals surface area contributed by atoms with Crippen molar-refractivity contribution in [3.8, 4) is 11.5 Å². The van der Waals surface area contributed by atoms with E-state index in [0.717, 1.165) is 12.1 Å². The van der Waals surface area contributed by atoms with Crippen LogP contribution in [-0.2, 0) is 40.1 Å². The van der Waals surface area contributed by atoms with Crippen LogP contribution in [-0.4, -0.2) is 44.6 Å². The van der Waals surface area contributed by atoms with Crippen LogP contribution in [0, 0.1) is 0 Å². The van der Waals surface area contributed by atoms with Gasteiger partial charge in [0.05, 0.1) is 0 Å². The fourth-order valence-electron chi connectivity index (χ4n) is 4.74. The van der Waals surface area contributed by atoms with Crippen LogP contribution < -0.4 is 0 Å². The number of fused-ring (bicyclic) bond motifs is 1. The van der Waals surface area contributed by atoms with Gasteiger partial charge in [-0.15, -0.1) is 0 Å². The van der Waals surface area contributed by atoms with Gasteiger partial charge in [0.2, 0.25) is 0 Å². The lowest BCUT2D eigenvalue weighted by Gasteiger charge is -2.32. The van der Waals surface area contributed by atoms with Crippen molar-refractivity contribution in [2.45, 2.75) is 59.8 Å². The van der Waals surface area contributed by atoms with Crippen LogP contribution in [0.4, 0.5) is 0 Å². The molecular formula is C25H26O11S3. The highest BCUT2D eigenvalue weighted by atomic mass is 32.2. The van der Waals surface area contributed by atoms with Crippen LogP contribution in [0.1, 0.15) is 67.3 Å². The molecule has 4 N–H and O–H groups in total. The second-order valence-electron chi connectivity index (χ2n) is 9.80. The summed E-state index contributed by atoms with van der Waals surface area (Å²) in [4.78, 5) is -2.15. The van der Waals surface area contributed by atoms with Crippen molar-refractivity contribution >= 4 is 30.4 Å². The fraction of sp³-hybridized carbons (Fsp3) is 0.280. The van der Waals surface area contributed by atoms with E-state index >= 15 is 0 Å². The molecule has 4 rings (SSSR count). The van der Waals surface area contributed by atoms with Crippen molar-refractivity contribution in [1.29, 1.82) is 0 Å². The minimum atomic E-state index is -5.05. The molecule has 210 valence electrons.